The summed E-state index contributed by atoms with van der Waals surface area (Å²) in [6.07, 6.45) is 0.869. The van der Waals surface area contributed by atoms with Gasteiger partial charge >= 0.3 is 0 Å². The molecule has 0 aliphatic carbocycles. The molecule has 0 fully saturated rings. The summed E-state index contributed by atoms with van der Waals surface area (Å²) < 4.78 is 5.18. The zero-order valence-electron chi connectivity index (χ0n) is 6.80. The van der Waals surface area contributed by atoms with Crippen LogP contribution in [0.2, 0.25) is 0 Å². The highest BCUT2D eigenvalue weighted by molar-refractivity contribution is 6.22. The Labute approximate surface area is 76.5 Å². The number of alkyl halides is 1. The highest BCUT2D eigenvalue weighted by Gasteiger charge is 2.20. The minimum Gasteiger partial charge on any atom is -0.495 e. The molecule has 1 aromatic carbocycles. The van der Waals surface area contributed by atoms with Crippen LogP contribution in [0.3, 0.4) is 0 Å². The number of halogens is 1. The van der Waals surface area contributed by atoms with Crippen LogP contribution in [0, 0.1) is 0 Å². The van der Waals surface area contributed by atoms with Crippen molar-refractivity contribution < 1.29 is 4.74 Å². The molecular formula is C9H10ClNO. The van der Waals surface area contributed by atoms with Gasteiger partial charge in [-0.1, -0.05) is 23.7 Å². The standard InChI is InChI=1S/C9H10ClNO/c1-12-7-4-2-3-6-5-8(10)11-9(6)7/h2-4,8,11H,5H2,1H3. The lowest BCUT2D eigenvalue weighted by Gasteiger charge is -2.06. The normalized spacial score (nSPS) is 20.0. The van der Waals surface area contributed by atoms with Crippen molar-refractivity contribution in [3.63, 3.8) is 0 Å². The van der Waals surface area contributed by atoms with Crippen LogP contribution in [0.5, 0.6) is 5.75 Å². The molecule has 0 bridgehead atoms. The third-order valence-electron chi connectivity index (χ3n) is 2.03. The Hall–Kier alpha value is -0.890. The number of hydrogen-bond donors (Lipinski definition) is 1. The summed E-state index contributed by atoms with van der Waals surface area (Å²) in [6.45, 7) is 0. The molecule has 3 heteroatoms. The van der Waals surface area contributed by atoms with E-state index in [1.54, 1.807) is 7.11 Å². The van der Waals surface area contributed by atoms with Gasteiger partial charge in [0.15, 0.2) is 0 Å². The molecule has 1 unspecified atom stereocenters. The summed E-state index contributed by atoms with van der Waals surface area (Å²) in [7, 11) is 1.67. The Balaban J connectivity index is 2.44. The van der Waals surface area contributed by atoms with Crippen LogP contribution >= 0.6 is 11.6 Å². The number of hydrogen-bond acceptors (Lipinski definition) is 2. The van der Waals surface area contributed by atoms with E-state index in [0.717, 1.165) is 17.9 Å². The van der Waals surface area contributed by atoms with Gasteiger partial charge in [0.05, 0.1) is 12.8 Å². The highest BCUT2D eigenvalue weighted by Crippen LogP contribution is 2.35. The third kappa shape index (κ3) is 1.12. The maximum absolute atomic E-state index is 5.94. The van der Waals surface area contributed by atoms with Crippen LogP contribution in [0.15, 0.2) is 18.2 Å². The molecule has 12 heavy (non-hydrogen) atoms. The summed E-state index contributed by atoms with van der Waals surface area (Å²) in [4.78, 5) is 0. The van der Waals surface area contributed by atoms with Crippen molar-refractivity contribution in [3.8, 4) is 5.75 Å². The number of benzene rings is 1. The molecule has 1 aromatic rings. The monoisotopic (exact) mass is 183 g/mol. The minimum atomic E-state index is 0.0105. The first kappa shape index (κ1) is 7.74. The van der Waals surface area contributed by atoms with E-state index in [9.17, 15) is 0 Å². The Morgan fingerprint density at radius 2 is 2.42 bits per heavy atom. The summed E-state index contributed by atoms with van der Waals surface area (Å²) in [5.41, 5.74) is 2.28. The van der Waals surface area contributed by atoms with Crippen LogP contribution in [-0.2, 0) is 6.42 Å². The van der Waals surface area contributed by atoms with Crippen LogP contribution in [-0.4, -0.2) is 12.6 Å². The van der Waals surface area contributed by atoms with Gasteiger partial charge in [0.25, 0.3) is 0 Å². The zero-order valence-corrected chi connectivity index (χ0v) is 7.56. The lowest BCUT2D eigenvalue weighted by atomic mass is 10.1. The molecule has 0 radical (unpaired) electrons. The number of anilines is 1. The molecule has 1 aliphatic heterocycles. The first-order valence-corrected chi connectivity index (χ1v) is 4.31. The van der Waals surface area contributed by atoms with Crippen molar-refractivity contribution in [2.24, 2.45) is 0 Å². The van der Waals surface area contributed by atoms with E-state index in [0.29, 0.717) is 0 Å². The van der Waals surface area contributed by atoms with Crippen molar-refractivity contribution in [3.05, 3.63) is 23.8 Å². The maximum Gasteiger partial charge on any atom is 0.142 e. The SMILES string of the molecule is COc1cccc2c1NC(Cl)C2. The number of ether oxygens (including phenoxy) is 1. The van der Waals surface area contributed by atoms with E-state index in [2.05, 4.69) is 11.4 Å². The van der Waals surface area contributed by atoms with Crippen LogP contribution < -0.4 is 10.1 Å². The lowest BCUT2D eigenvalue weighted by Crippen LogP contribution is -2.05. The Morgan fingerprint density at radius 3 is 3.17 bits per heavy atom. The average molecular weight is 184 g/mol. The fraction of sp³-hybridized carbons (Fsp3) is 0.333. The largest absolute Gasteiger partial charge is 0.495 e. The third-order valence-corrected chi connectivity index (χ3v) is 2.30. The predicted molar refractivity (Wildman–Crippen MR) is 50.0 cm³/mol. The van der Waals surface area contributed by atoms with Gasteiger partial charge < -0.3 is 10.1 Å². The molecule has 2 rings (SSSR count). The van der Waals surface area contributed by atoms with E-state index in [4.69, 9.17) is 16.3 Å². The maximum atomic E-state index is 5.94. The number of methoxy groups -OCH3 is 1. The molecule has 0 saturated carbocycles. The van der Waals surface area contributed by atoms with Crippen molar-refractivity contribution in [2.45, 2.75) is 11.9 Å². The van der Waals surface area contributed by atoms with Crippen LogP contribution in [0.25, 0.3) is 0 Å². The molecule has 0 saturated heterocycles. The van der Waals surface area contributed by atoms with Gasteiger partial charge in [-0.3, -0.25) is 0 Å². The molecule has 1 aliphatic rings. The van der Waals surface area contributed by atoms with Crippen molar-refractivity contribution >= 4 is 17.3 Å². The topological polar surface area (TPSA) is 21.3 Å². The second kappa shape index (κ2) is 2.87. The van der Waals surface area contributed by atoms with Gasteiger partial charge in [0, 0.05) is 6.42 Å². The van der Waals surface area contributed by atoms with Crippen molar-refractivity contribution in [1.82, 2.24) is 0 Å². The first-order valence-electron chi connectivity index (χ1n) is 3.88. The van der Waals surface area contributed by atoms with Gasteiger partial charge in [0.1, 0.15) is 11.3 Å². The summed E-state index contributed by atoms with van der Waals surface area (Å²) in [5, 5.41) is 3.16. The van der Waals surface area contributed by atoms with Crippen molar-refractivity contribution in [1.29, 1.82) is 0 Å². The lowest BCUT2D eigenvalue weighted by molar-refractivity contribution is 0.416. The Kier molecular flexibility index (Phi) is 1.85. The number of nitrogens with one attached hydrogen (secondary N) is 1. The predicted octanol–water partition coefficient (Wildman–Crippen LogP) is 2.23. The van der Waals surface area contributed by atoms with Crippen LogP contribution in [0.4, 0.5) is 5.69 Å². The summed E-state index contributed by atoms with van der Waals surface area (Å²) >= 11 is 5.94. The molecule has 0 amide bonds. The van der Waals surface area contributed by atoms with Crippen molar-refractivity contribution in [2.75, 3.05) is 12.4 Å². The smallest absolute Gasteiger partial charge is 0.142 e. The van der Waals surface area contributed by atoms with Gasteiger partial charge in [-0.15, -0.1) is 0 Å². The molecule has 1 atom stereocenters. The van der Waals surface area contributed by atoms with E-state index in [-0.39, 0.29) is 5.50 Å². The zero-order chi connectivity index (χ0) is 8.55. The van der Waals surface area contributed by atoms with E-state index >= 15 is 0 Å². The molecule has 1 heterocycles. The highest BCUT2D eigenvalue weighted by atomic mass is 35.5. The molecule has 1 N–H and O–H groups in total. The fourth-order valence-corrected chi connectivity index (χ4v) is 1.76. The number of para-hydroxylation sites is 1. The second-order valence-electron chi connectivity index (χ2n) is 2.81. The molecule has 2 nitrogen and oxygen atoms in total. The summed E-state index contributed by atoms with van der Waals surface area (Å²) in [6, 6.07) is 5.97. The van der Waals surface area contributed by atoms with E-state index < -0.39 is 0 Å². The van der Waals surface area contributed by atoms with Crippen LogP contribution in [0.1, 0.15) is 5.56 Å². The second-order valence-corrected chi connectivity index (χ2v) is 3.34. The molecule has 0 spiro atoms. The fourth-order valence-electron chi connectivity index (χ4n) is 1.48. The van der Waals surface area contributed by atoms with Gasteiger partial charge in [-0.25, -0.2) is 0 Å². The number of rotatable bonds is 1. The molecular weight excluding hydrogens is 174 g/mol. The average Bonchev–Trinajstić information content (AvgIpc) is 2.44. The van der Waals surface area contributed by atoms with Gasteiger partial charge in [0.2, 0.25) is 0 Å². The molecule has 64 valence electrons. The molecule has 0 aromatic heterocycles. The van der Waals surface area contributed by atoms with E-state index in [1.807, 2.05) is 12.1 Å². The minimum absolute atomic E-state index is 0.0105. The quantitative estimate of drug-likeness (QED) is 0.533. The Bertz CT molecular complexity index is 301. The first-order chi connectivity index (χ1) is 5.81. The Morgan fingerprint density at radius 1 is 1.58 bits per heavy atom. The summed E-state index contributed by atoms with van der Waals surface area (Å²) in [5.74, 6) is 0.871. The number of fused-ring (bicyclic) bond motifs is 1. The van der Waals surface area contributed by atoms with Gasteiger partial charge in [-0.2, -0.15) is 0 Å². The van der Waals surface area contributed by atoms with E-state index in [1.165, 1.54) is 5.56 Å². The van der Waals surface area contributed by atoms with Gasteiger partial charge in [-0.05, 0) is 11.6 Å².